The van der Waals surface area contributed by atoms with Crippen molar-refractivity contribution < 1.29 is 9.59 Å². The van der Waals surface area contributed by atoms with Crippen LogP contribution in [-0.2, 0) is 13.1 Å². The molecule has 33 heavy (non-hydrogen) atoms. The van der Waals surface area contributed by atoms with E-state index in [4.69, 9.17) is 0 Å². The second-order valence-electron chi connectivity index (χ2n) is 8.27. The molecule has 2 aromatic carbocycles. The zero-order valence-corrected chi connectivity index (χ0v) is 19.3. The van der Waals surface area contributed by atoms with Gasteiger partial charge in [-0.2, -0.15) is 5.10 Å². The van der Waals surface area contributed by atoms with Gasteiger partial charge in [-0.15, -0.1) is 0 Å². The standard InChI is InChI=1S/C26H27N5O2/c1-17-5-7-20(8-6-17)16-31-24-23(14-28-31)22(13-18(2)29-24)26(33)30(4)15-19-9-11-21(12-10-19)25(32)27-3/h5-14H,15-16H2,1-4H3,(H,27,32). The van der Waals surface area contributed by atoms with Gasteiger partial charge < -0.3 is 10.2 Å². The Morgan fingerprint density at radius 2 is 1.67 bits per heavy atom. The highest BCUT2D eigenvalue weighted by molar-refractivity contribution is 6.05. The maximum Gasteiger partial charge on any atom is 0.254 e. The molecule has 2 aromatic heterocycles. The second kappa shape index (κ2) is 9.24. The number of nitrogens with zero attached hydrogens (tertiary/aromatic N) is 4. The van der Waals surface area contributed by atoms with E-state index in [0.29, 0.717) is 29.9 Å². The maximum absolute atomic E-state index is 13.3. The maximum atomic E-state index is 13.3. The van der Waals surface area contributed by atoms with Crippen LogP contribution in [0.15, 0.2) is 60.8 Å². The average molecular weight is 442 g/mol. The molecule has 0 spiro atoms. The van der Waals surface area contributed by atoms with E-state index in [1.807, 2.05) is 29.8 Å². The molecule has 2 heterocycles. The van der Waals surface area contributed by atoms with Gasteiger partial charge in [-0.25, -0.2) is 9.67 Å². The fourth-order valence-electron chi connectivity index (χ4n) is 3.79. The molecule has 0 fully saturated rings. The molecule has 0 saturated carbocycles. The molecule has 7 heteroatoms. The van der Waals surface area contributed by atoms with E-state index >= 15 is 0 Å². The van der Waals surface area contributed by atoms with E-state index < -0.39 is 0 Å². The quantitative estimate of drug-likeness (QED) is 0.494. The number of carbonyl (C=O) groups is 2. The van der Waals surface area contributed by atoms with Crippen LogP contribution in [0.3, 0.4) is 0 Å². The van der Waals surface area contributed by atoms with Crippen LogP contribution < -0.4 is 5.32 Å². The van der Waals surface area contributed by atoms with Crippen molar-refractivity contribution in [3.63, 3.8) is 0 Å². The molecule has 7 nitrogen and oxygen atoms in total. The van der Waals surface area contributed by atoms with Gasteiger partial charge >= 0.3 is 0 Å². The smallest absolute Gasteiger partial charge is 0.254 e. The number of amides is 2. The number of rotatable bonds is 6. The highest BCUT2D eigenvalue weighted by atomic mass is 16.2. The van der Waals surface area contributed by atoms with Gasteiger partial charge in [-0.1, -0.05) is 42.0 Å². The zero-order chi connectivity index (χ0) is 23.5. The first-order valence-corrected chi connectivity index (χ1v) is 10.8. The van der Waals surface area contributed by atoms with Gasteiger partial charge in [-0.05, 0) is 43.2 Å². The molecule has 0 atom stereocenters. The molecule has 4 aromatic rings. The fraction of sp³-hybridized carbons (Fsp3) is 0.231. The number of aromatic nitrogens is 3. The molecule has 168 valence electrons. The summed E-state index contributed by atoms with van der Waals surface area (Å²) < 4.78 is 1.83. The molecular weight excluding hydrogens is 414 g/mol. The molecule has 1 N–H and O–H groups in total. The summed E-state index contributed by atoms with van der Waals surface area (Å²) in [6.45, 7) is 4.95. The third-order valence-electron chi connectivity index (χ3n) is 5.63. The van der Waals surface area contributed by atoms with Gasteiger partial charge in [0, 0.05) is 31.9 Å². The van der Waals surface area contributed by atoms with E-state index in [-0.39, 0.29) is 11.8 Å². The number of pyridine rings is 1. The van der Waals surface area contributed by atoms with Crippen LogP contribution in [0.25, 0.3) is 11.0 Å². The molecule has 0 bridgehead atoms. The lowest BCUT2D eigenvalue weighted by molar-refractivity contribution is 0.0786. The van der Waals surface area contributed by atoms with E-state index in [2.05, 4.69) is 46.6 Å². The van der Waals surface area contributed by atoms with Gasteiger partial charge in [0.05, 0.1) is 23.7 Å². The van der Waals surface area contributed by atoms with Crippen LogP contribution in [0.1, 0.15) is 43.1 Å². The van der Waals surface area contributed by atoms with E-state index in [0.717, 1.165) is 22.2 Å². The lowest BCUT2D eigenvalue weighted by Crippen LogP contribution is -2.26. The number of hydrogen-bond acceptors (Lipinski definition) is 4. The Balaban J connectivity index is 1.58. The van der Waals surface area contributed by atoms with Crippen LogP contribution in [0.5, 0.6) is 0 Å². The van der Waals surface area contributed by atoms with E-state index in [9.17, 15) is 9.59 Å². The Bertz CT molecular complexity index is 1310. The Morgan fingerprint density at radius 1 is 1.00 bits per heavy atom. The monoisotopic (exact) mass is 441 g/mol. The summed E-state index contributed by atoms with van der Waals surface area (Å²) in [5.41, 5.74) is 5.90. The van der Waals surface area contributed by atoms with Crippen LogP contribution in [0, 0.1) is 13.8 Å². The lowest BCUT2D eigenvalue weighted by atomic mass is 10.1. The summed E-state index contributed by atoms with van der Waals surface area (Å²) in [7, 11) is 3.37. The predicted octanol–water partition coefficient (Wildman–Crippen LogP) is 3.73. The van der Waals surface area contributed by atoms with Crippen molar-refractivity contribution in [2.24, 2.45) is 0 Å². The van der Waals surface area contributed by atoms with Gasteiger partial charge in [0.25, 0.3) is 11.8 Å². The number of fused-ring (bicyclic) bond motifs is 1. The molecule has 0 aliphatic heterocycles. The van der Waals surface area contributed by atoms with Crippen LogP contribution in [-0.4, -0.2) is 45.6 Å². The minimum Gasteiger partial charge on any atom is -0.355 e. The summed E-state index contributed by atoms with van der Waals surface area (Å²) in [6.07, 6.45) is 1.72. The molecule has 0 radical (unpaired) electrons. The van der Waals surface area contributed by atoms with Crippen molar-refractivity contribution >= 4 is 22.8 Å². The summed E-state index contributed by atoms with van der Waals surface area (Å²) in [5, 5.41) is 7.86. The number of benzene rings is 2. The topological polar surface area (TPSA) is 80.1 Å². The summed E-state index contributed by atoms with van der Waals surface area (Å²) in [5.74, 6) is -0.237. The van der Waals surface area contributed by atoms with Gasteiger partial charge in [0.15, 0.2) is 5.65 Å². The van der Waals surface area contributed by atoms with Gasteiger partial charge in [-0.3, -0.25) is 9.59 Å². The van der Waals surface area contributed by atoms with Crippen LogP contribution >= 0.6 is 0 Å². The summed E-state index contributed by atoms with van der Waals surface area (Å²) in [6, 6.07) is 17.4. The van der Waals surface area contributed by atoms with Crippen LogP contribution in [0.2, 0.25) is 0 Å². The molecule has 2 amide bonds. The van der Waals surface area contributed by atoms with Gasteiger partial charge in [0.1, 0.15) is 0 Å². The van der Waals surface area contributed by atoms with Crippen molar-refractivity contribution in [2.45, 2.75) is 26.9 Å². The third kappa shape index (κ3) is 4.77. The van der Waals surface area contributed by atoms with E-state index in [1.165, 1.54) is 5.56 Å². The third-order valence-corrected chi connectivity index (χ3v) is 5.63. The largest absolute Gasteiger partial charge is 0.355 e. The normalized spacial score (nSPS) is 10.9. The summed E-state index contributed by atoms with van der Waals surface area (Å²) >= 11 is 0. The molecule has 0 aliphatic carbocycles. The SMILES string of the molecule is CNC(=O)c1ccc(CN(C)C(=O)c2cc(C)nc3c2cnn3Cc2ccc(C)cc2)cc1. The van der Waals surface area contributed by atoms with E-state index in [1.54, 1.807) is 37.3 Å². The second-order valence-corrected chi connectivity index (χ2v) is 8.27. The van der Waals surface area contributed by atoms with Crippen molar-refractivity contribution in [1.29, 1.82) is 0 Å². The Hall–Kier alpha value is -4.00. The minimum absolute atomic E-state index is 0.101. The molecule has 4 rings (SSSR count). The highest BCUT2D eigenvalue weighted by Gasteiger charge is 2.19. The number of aryl methyl sites for hydroxylation is 2. The van der Waals surface area contributed by atoms with Crippen LogP contribution in [0.4, 0.5) is 0 Å². The number of nitrogens with one attached hydrogen (secondary N) is 1. The molecule has 0 saturated heterocycles. The fourth-order valence-corrected chi connectivity index (χ4v) is 3.79. The first kappa shape index (κ1) is 22.2. The lowest BCUT2D eigenvalue weighted by Gasteiger charge is -2.18. The average Bonchev–Trinajstić information content (AvgIpc) is 3.21. The van der Waals surface area contributed by atoms with Crippen molar-refractivity contribution in [3.8, 4) is 0 Å². The minimum atomic E-state index is -0.136. The van der Waals surface area contributed by atoms with Crippen molar-refractivity contribution in [3.05, 3.63) is 94.3 Å². The summed E-state index contributed by atoms with van der Waals surface area (Å²) in [4.78, 5) is 31.4. The van der Waals surface area contributed by atoms with Crippen molar-refractivity contribution in [1.82, 2.24) is 25.0 Å². The molecular formula is C26H27N5O2. The first-order chi connectivity index (χ1) is 15.9. The van der Waals surface area contributed by atoms with Crippen molar-refractivity contribution in [2.75, 3.05) is 14.1 Å². The number of carbonyl (C=O) groups excluding carboxylic acids is 2. The Kier molecular flexibility index (Phi) is 6.22. The first-order valence-electron chi connectivity index (χ1n) is 10.8. The Morgan fingerprint density at radius 3 is 2.33 bits per heavy atom. The zero-order valence-electron chi connectivity index (χ0n) is 19.3. The molecule has 0 unspecified atom stereocenters. The highest BCUT2D eigenvalue weighted by Crippen LogP contribution is 2.21. The van der Waals surface area contributed by atoms with Gasteiger partial charge in [0.2, 0.25) is 0 Å². The Labute approximate surface area is 193 Å². The molecule has 0 aliphatic rings. The number of hydrogen-bond donors (Lipinski definition) is 1. The predicted molar refractivity (Wildman–Crippen MR) is 128 cm³/mol.